The molecule has 2 unspecified atom stereocenters. The Morgan fingerprint density at radius 3 is 2.36 bits per heavy atom. The second kappa shape index (κ2) is 9.47. The van der Waals surface area contributed by atoms with E-state index in [4.69, 9.17) is 4.74 Å². The lowest BCUT2D eigenvalue weighted by molar-refractivity contribution is 0.0797. The fourth-order valence-electron chi connectivity index (χ4n) is 1.72. The number of rotatable bonds is 9. The molecule has 0 rings (SSSR count). The second-order valence-corrected chi connectivity index (χ2v) is 3.95. The number of hydrogen-bond acceptors (Lipinski definition) is 2. The monoisotopic (exact) mass is 201 g/mol. The highest BCUT2D eigenvalue weighted by Crippen LogP contribution is 2.09. The molecule has 0 amide bonds. The quantitative estimate of drug-likeness (QED) is 0.579. The molecule has 0 radical (unpaired) electrons. The Morgan fingerprint density at radius 2 is 1.86 bits per heavy atom. The lowest BCUT2D eigenvalue weighted by Crippen LogP contribution is -2.39. The number of likely N-dealkylation sites (N-methyl/N-ethyl adjacent to an activating group) is 1. The van der Waals surface area contributed by atoms with Gasteiger partial charge in [-0.1, -0.05) is 39.5 Å². The number of hydrogen-bond donors (Lipinski definition) is 1. The molecule has 86 valence electrons. The van der Waals surface area contributed by atoms with Crippen molar-refractivity contribution in [2.24, 2.45) is 0 Å². The van der Waals surface area contributed by atoms with Crippen molar-refractivity contribution in [1.29, 1.82) is 0 Å². The van der Waals surface area contributed by atoms with Crippen molar-refractivity contribution in [1.82, 2.24) is 5.32 Å². The second-order valence-electron chi connectivity index (χ2n) is 3.95. The zero-order valence-corrected chi connectivity index (χ0v) is 10.3. The van der Waals surface area contributed by atoms with E-state index < -0.39 is 0 Å². The molecule has 1 N–H and O–H groups in total. The third-order valence-corrected chi connectivity index (χ3v) is 2.77. The SMILES string of the molecule is CCCCCCC(NCC)C(C)OC. The minimum atomic E-state index is 0.330. The molecule has 2 nitrogen and oxygen atoms in total. The van der Waals surface area contributed by atoms with Gasteiger partial charge in [-0.15, -0.1) is 0 Å². The van der Waals surface area contributed by atoms with Gasteiger partial charge in [0.15, 0.2) is 0 Å². The zero-order chi connectivity index (χ0) is 10.8. The summed E-state index contributed by atoms with van der Waals surface area (Å²) in [6.45, 7) is 7.58. The molecule has 0 aromatic rings. The van der Waals surface area contributed by atoms with Gasteiger partial charge in [-0.05, 0) is 19.9 Å². The maximum absolute atomic E-state index is 5.36. The number of unbranched alkanes of at least 4 members (excludes halogenated alkanes) is 3. The molecule has 0 spiro atoms. The molecule has 0 saturated carbocycles. The predicted octanol–water partition coefficient (Wildman–Crippen LogP) is 2.97. The fourth-order valence-corrected chi connectivity index (χ4v) is 1.72. The van der Waals surface area contributed by atoms with Crippen molar-refractivity contribution >= 4 is 0 Å². The number of ether oxygens (including phenoxy) is 1. The van der Waals surface area contributed by atoms with E-state index in [1.165, 1.54) is 32.1 Å². The summed E-state index contributed by atoms with van der Waals surface area (Å²) in [6.07, 6.45) is 6.92. The van der Waals surface area contributed by atoms with Gasteiger partial charge in [0.2, 0.25) is 0 Å². The fraction of sp³-hybridized carbons (Fsp3) is 1.00. The van der Waals surface area contributed by atoms with Gasteiger partial charge in [0, 0.05) is 13.2 Å². The van der Waals surface area contributed by atoms with Gasteiger partial charge in [-0.25, -0.2) is 0 Å². The molecule has 0 aromatic heterocycles. The Balaban J connectivity index is 3.61. The third kappa shape index (κ3) is 6.39. The van der Waals surface area contributed by atoms with Gasteiger partial charge < -0.3 is 10.1 Å². The van der Waals surface area contributed by atoms with Crippen LogP contribution < -0.4 is 5.32 Å². The van der Waals surface area contributed by atoms with E-state index in [9.17, 15) is 0 Å². The summed E-state index contributed by atoms with van der Waals surface area (Å²) < 4.78 is 5.36. The van der Waals surface area contributed by atoms with Gasteiger partial charge in [-0.3, -0.25) is 0 Å². The summed E-state index contributed by atoms with van der Waals surface area (Å²) in [5.41, 5.74) is 0. The van der Waals surface area contributed by atoms with E-state index in [0.717, 1.165) is 6.54 Å². The van der Waals surface area contributed by atoms with E-state index in [0.29, 0.717) is 12.1 Å². The molecule has 0 saturated heterocycles. The van der Waals surface area contributed by atoms with Gasteiger partial charge in [-0.2, -0.15) is 0 Å². The molecular formula is C12H27NO. The van der Waals surface area contributed by atoms with E-state index in [-0.39, 0.29) is 0 Å². The summed E-state index contributed by atoms with van der Waals surface area (Å²) in [4.78, 5) is 0. The minimum Gasteiger partial charge on any atom is -0.380 e. The van der Waals surface area contributed by atoms with Crippen LogP contribution >= 0.6 is 0 Å². The Hall–Kier alpha value is -0.0800. The zero-order valence-electron chi connectivity index (χ0n) is 10.3. The van der Waals surface area contributed by atoms with Crippen LogP contribution in [0.1, 0.15) is 52.9 Å². The maximum Gasteiger partial charge on any atom is 0.0696 e. The molecule has 0 fully saturated rings. The topological polar surface area (TPSA) is 21.3 Å². The first-order valence-corrected chi connectivity index (χ1v) is 6.02. The smallest absolute Gasteiger partial charge is 0.0696 e. The highest BCUT2D eigenvalue weighted by Gasteiger charge is 2.14. The van der Waals surface area contributed by atoms with Crippen LogP contribution in [0.4, 0.5) is 0 Å². The summed E-state index contributed by atoms with van der Waals surface area (Å²) in [6, 6.07) is 0.529. The average molecular weight is 201 g/mol. The normalized spacial score (nSPS) is 15.4. The van der Waals surface area contributed by atoms with Crippen molar-refractivity contribution in [2.75, 3.05) is 13.7 Å². The first kappa shape index (κ1) is 13.9. The molecule has 0 aliphatic rings. The third-order valence-electron chi connectivity index (χ3n) is 2.77. The van der Waals surface area contributed by atoms with Gasteiger partial charge in [0.05, 0.1) is 6.10 Å². The van der Waals surface area contributed by atoms with Crippen LogP contribution in [0.25, 0.3) is 0 Å². The summed E-state index contributed by atoms with van der Waals surface area (Å²) in [5.74, 6) is 0. The van der Waals surface area contributed by atoms with Crippen LogP contribution in [0.3, 0.4) is 0 Å². The van der Waals surface area contributed by atoms with Crippen molar-refractivity contribution in [3.8, 4) is 0 Å². The van der Waals surface area contributed by atoms with Crippen molar-refractivity contribution in [3.05, 3.63) is 0 Å². The Morgan fingerprint density at radius 1 is 1.14 bits per heavy atom. The molecular weight excluding hydrogens is 174 g/mol. The van der Waals surface area contributed by atoms with Crippen LogP contribution in [-0.2, 0) is 4.74 Å². The largest absolute Gasteiger partial charge is 0.380 e. The summed E-state index contributed by atoms with van der Waals surface area (Å²) in [5, 5.41) is 3.49. The van der Waals surface area contributed by atoms with Crippen LogP contribution in [0.2, 0.25) is 0 Å². The number of methoxy groups -OCH3 is 1. The van der Waals surface area contributed by atoms with Gasteiger partial charge in [0.25, 0.3) is 0 Å². The Bertz CT molecular complexity index is 117. The average Bonchev–Trinajstić information content (AvgIpc) is 2.21. The van der Waals surface area contributed by atoms with Crippen molar-refractivity contribution in [3.63, 3.8) is 0 Å². The van der Waals surface area contributed by atoms with E-state index >= 15 is 0 Å². The van der Waals surface area contributed by atoms with Gasteiger partial charge >= 0.3 is 0 Å². The molecule has 2 heteroatoms. The van der Waals surface area contributed by atoms with Crippen molar-refractivity contribution in [2.45, 2.75) is 65.0 Å². The summed E-state index contributed by atoms with van der Waals surface area (Å²) >= 11 is 0. The van der Waals surface area contributed by atoms with Crippen LogP contribution in [0.15, 0.2) is 0 Å². The lowest BCUT2D eigenvalue weighted by Gasteiger charge is -2.23. The highest BCUT2D eigenvalue weighted by atomic mass is 16.5. The molecule has 14 heavy (non-hydrogen) atoms. The minimum absolute atomic E-state index is 0.330. The first-order valence-electron chi connectivity index (χ1n) is 6.02. The molecule has 0 aliphatic heterocycles. The molecule has 0 aliphatic carbocycles. The molecule has 2 atom stereocenters. The Labute approximate surface area is 89.4 Å². The van der Waals surface area contributed by atoms with Gasteiger partial charge in [0.1, 0.15) is 0 Å². The maximum atomic E-state index is 5.36. The van der Waals surface area contributed by atoms with E-state index in [2.05, 4.69) is 26.1 Å². The molecule has 0 aromatic carbocycles. The standard InChI is InChI=1S/C12H27NO/c1-5-7-8-9-10-12(13-6-2)11(3)14-4/h11-13H,5-10H2,1-4H3. The van der Waals surface area contributed by atoms with E-state index in [1.807, 2.05) is 0 Å². The first-order chi connectivity index (χ1) is 6.76. The Kier molecular flexibility index (Phi) is 9.42. The van der Waals surface area contributed by atoms with Crippen molar-refractivity contribution < 1.29 is 4.74 Å². The van der Waals surface area contributed by atoms with Crippen LogP contribution in [0, 0.1) is 0 Å². The highest BCUT2D eigenvalue weighted by molar-refractivity contribution is 4.72. The lowest BCUT2D eigenvalue weighted by atomic mass is 10.0. The summed E-state index contributed by atoms with van der Waals surface area (Å²) in [7, 11) is 1.79. The van der Waals surface area contributed by atoms with Crippen LogP contribution in [-0.4, -0.2) is 25.8 Å². The van der Waals surface area contributed by atoms with Crippen LogP contribution in [0.5, 0.6) is 0 Å². The van der Waals surface area contributed by atoms with E-state index in [1.54, 1.807) is 7.11 Å². The predicted molar refractivity (Wildman–Crippen MR) is 62.7 cm³/mol. The number of nitrogens with one attached hydrogen (secondary N) is 1. The molecule has 0 bridgehead atoms. The molecule has 0 heterocycles.